The van der Waals surface area contributed by atoms with Crippen LogP contribution >= 0.6 is 0 Å². The normalized spacial score (nSPS) is 16.4. The topological polar surface area (TPSA) is 67.4 Å². The number of anilines is 1. The van der Waals surface area contributed by atoms with Gasteiger partial charge in [-0.2, -0.15) is 0 Å². The zero-order valence-corrected chi connectivity index (χ0v) is 14.2. The molecule has 5 heteroatoms. The van der Waals surface area contributed by atoms with E-state index in [1.807, 2.05) is 31.2 Å². The molecule has 2 N–H and O–H groups in total. The van der Waals surface area contributed by atoms with Crippen molar-refractivity contribution in [2.75, 3.05) is 18.5 Å². The van der Waals surface area contributed by atoms with Gasteiger partial charge in [-0.05, 0) is 55.7 Å². The molecular weight excluding hydrogens is 316 g/mol. The minimum atomic E-state index is -0.237. The zero-order valence-electron chi connectivity index (χ0n) is 14.2. The summed E-state index contributed by atoms with van der Waals surface area (Å²) in [5.74, 6) is -0.430. The summed E-state index contributed by atoms with van der Waals surface area (Å²) < 4.78 is 5.50. The molecule has 0 bridgehead atoms. The van der Waals surface area contributed by atoms with Crippen LogP contribution in [-0.2, 0) is 4.74 Å². The Hall–Kier alpha value is -2.66. The van der Waals surface area contributed by atoms with Gasteiger partial charge in [0.1, 0.15) is 0 Å². The molecule has 1 saturated heterocycles. The number of rotatable bonds is 5. The highest BCUT2D eigenvalue weighted by molar-refractivity contribution is 6.06. The number of nitrogens with one attached hydrogen (secondary N) is 2. The fourth-order valence-corrected chi connectivity index (χ4v) is 2.84. The van der Waals surface area contributed by atoms with Crippen LogP contribution in [0, 0.1) is 6.92 Å². The summed E-state index contributed by atoms with van der Waals surface area (Å²) in [5.41, 5.74) is 2.72. The van der Waals surface area contributed by atoms with Crippen LogP contribution in [0.3, 0.4) is 0 Å². The van der Waals surface area contributed by atoms with Gasteiger partial charge in [-0.25, -0.2) is 0 Å². The summed E-state index contributed by atoms with van der Waals surface area (Å²) in [4.78, 5) is 24.7. The minimum absolute atomic E-state index is 0.0942. The Labute approximate surface area is 147 Å². The van der Waals surface area contributed by atoms with E-state index in [0.29, 0.717) is 17.7 Å². The SMILES string of the molecule is Cc1cccc(NC(=O)c2cccc(C(=O)NCC3CCCO3)c2)c1. The molecule has 25 heavy (non-hydrogen) atoms. The van der Waals surface area contributed by atoms with Crippen molar-refractivity contribution in [3.05, 3.63) is 65.2 Å². The summed E-state index contributed by atoms with van der Waals surface area (Å²) in [6.45, 7) is 3.22. The van der Waals surface area contributed by atoms with Gasteiger partial charge in [-0.1, -0.05) is 18.2 Å². The van der Waals surface area contributed by atoms with Crippen molar-refractivity contribution in [2.45, 2.75) is 25.9 Å². The Bertz CT molecular complexity index is 767. The zero-order chi connectivity index (χ0) is 17.6. The summed E-state index contributed by atoms with van der Waals surface area (Å²) in [6.07, 6.45) is 2.10. The molecule has 1 unspecified atom stereocenters. The standard InChI is InChI=1S/C20H22N2O3/c1-14-5-2-8-17(11-14)22-20(24)16-7-3-6-15(12-16)19(23)21-13-18-9-4-10-25-18/h2-3,5-8,11-12,18H,4,9-10,13H2,1H3,(H,21,23)(H,22,24). The molecule has 0 aliphatic carbocycles. The fourth-order valence-electron chi connectivity index (χ4n) is 2.84. The predicted molar refractivity (Wildman–Crippen MR) is 96.9 cm³/mol. The van der Waals surface area contributed by atoms with E-state index in [2.05, 4.69) is 10.6 Å². The molecule has 0 radical (unpaired) electrons. The molecule has 2 aromatic carbocycles. The molecular formula is C20H22N2O3. The first-order valence-corrected chi connectivity index (χ1v) is 8.50. The number of ether oxygens (including phenoxy) is 1. The monoisotopic (exact) mass is 338 g/mol. The number of carbonyl (C=O) groups excluding carboxylic acids is 2. The van der Waals surface area contributed by atoms with Crippen LogP contribution in [0.4, 0.5) is 5.69 Å². The lowest BCUT2D eigenvalue weighted by molar-refractivity contribution is 0.0858. The third-order valence-electron chi connectivity index (χ3n) is 4.18. The first kappa shape index (κ1) is 17.2. The molecule has 2 amide bonds. The second-order valence-electron chi connectivity index (χ2n) is 6.25. The average molecular weight is 338 g/mol. The Morgan fingerprint density at radius 3 is 2.56 bits per heavy atom. The van der Waals surface area contributed by atoms with Gasteiger partial charge in [-0.3, -0.25) is 9.59 Å². The maximum Gasteiger partial charge on any atom is 0.255 e. The highest BCUT2D eigenvalue weighted by Crippen LogP contribution is 2.14. The lowest BCUT2D eigenvalue weighted by Crippen LogP contribution is -2.31. The molecule has 1 aliphatic heterocycles. The summed E-state index contributed by atoms with van der Waals surface area (Å²) in [5, 5.41) is 5.72. The lowest BCUT2D eigenvalue weighted by Gasteiger charge is -2.11. The lowest BCUT2D eigenvalue weighted by atomic mass is 10.1. The summed E-state index contributed by atoms with van der Waals surface area (Å²) >= 11 is 0. The number of hydrogen-bond donors (Lipinski definition) is 2. The van der Waals surface area contributed by atoms with Gasteiger partial charge in [0.05, 0.1) is 6.10 Å². The largest absolute Gasteiger partial charge is 0.376 e. The Morgan fingerprint density at radius 2 is 1.84 bits per heavy atom. The second kappa shape index (κ2) is 7.94. The maximum absolute atomic E-state index is 12.4. The number of benzene rings is 2. The van der Waals surface area contributed by atoms with Crippen molar-refractivity contribution in [1.82, 2.24) is 5.32 Å². The van der Waals surface area contributed by atoms with Gasteiger partial charge in [0.2, 0.25) is 0 Å². The molecule has 1 heterocycles. The third-order valence-corrected chi connectivity index (χ3v) is 4.18. The van der Waals surface area contributed by atoms with Crippen molar-refractivity contribution in [3.8, 4) is 0 Å². The van der Waals surface area contributed by atoms with Crippen LogP contribution in [0.2, 0.25) is 0 Å². The van der Waals surface area contributed by atoms with Crippen molar-refractivity contribution in [2.24, 2.45) is 0 Å². The Kier molecular flexibility index (Phi) is 5.46. The maximum atomic E-state index is 12.4. The van der Waals surface area contributed by atoms with E-state index >= 15 is 0 Å². The van der Waals surface area contributed by atoms with E-state index in [9.17, 15) is 9.59 Å². The molecule has 1 aliphatic rings. The number of hydrogen-bond acceptors (Lipinski definition) is 3. The second-order valence-corrected chi connectivity index (χ2v) is 6.25. The van der Waals surface area contributed by atoms with Crippen LogP contribution in [-0.4, -0.2) is 31.1 Å². The average Bonchev–Trinajstić information content (AvgIpc) is 3.13. The molecule has 2 aromatic rings. The first-order chi connectivity index (χ1) is 12.1. The van der Waals surface area contributed by atoms with E-state index in [1.165, 1.54) is 0 Å². The molecule has 1 atom stereocenters. The van der Waals surface area contributed by atoms with Gasteiger partial charge in [0.25, 0.3) is 11.8 Å². The van der Waals surface area contributed by atoms with Gasteiger partial charge in [-0.15, -0.1) is 0 Å². The molecule has 0 aromatic heterocycles. The first-order valence-electron chi connectivity index (χ1n) is 8.50. The van der Waals surface area contributed by atoms with Crippen LogP contribution in [0.15, 0.2) is 48.5 Å². The van der Waals surface area contributed by atoms with E-state index < -0.39 is 0 Å². The smallest absolute Gasteiger partial charge is 0.255 e. The molecule has 1 fully saturated rings. The van der Waals surface area contributed by atoms with E-state index in [0.717, 1.165) is 30.7 Å². The molecule has 3 rings (SSSR count). The van der Waals surface area contributed by atoms with Gasteiger partial charge >= 0.3 is 0 Å². The number of aryl methyl sites for hydroxylation is 1. The van der Waals surface area contributed by atoms with Gasteiger partial charge < -0.3 is 15.4 Å². The Morgan fingerprint density at radius 1 is 1.08 bits per heavy atom. The van der Waals surface area contributed by atoms with E-state index in [1.54, 1.807) is 24.3 Å². The molecule has 0 saturated carbocycles. The highest BCUT2D eigenvalue weighted by atomic mass is 16.5. The van der Waals surface area contributed by atoms with Crippen LogP contribution in [0.5, 0.6) is 0 Å². The summed E-state index contributed by atoms with van der Waals surface area (Å²) in [6, 6.07) is 14.3. The molecule has 130 valence electrons. The van der Waals surface area contributed by atoms with E-state index in [4.69, 9.17) is 4.74 Å². The third kappa shape index (κ3) is 4.67. The van der Waals surface area contributed by atoms with Crippen molar-refractivity contribution in [3.63, 3.8) is 0 Å². The van der Waals surface area contributed by atoms with Gasteiger partial charge in [0.15, 0.2) is 0 Å². The molecule has 5 nitrogen and oxygen atoms in total. The Balaban J connectivity index is 1.63. The van der Waals surface area contributed by atoms with Crippen LogP contribution < -0.4 is 10.6 Å². The quantitative estimate of drug-likeness (QED) is 0.880. The van der Waals surface area contributed by atoms with Crippen LogP contribution in [0.25, 0.3) is 0 Å². The van der Waals surface area contributed by atoms with Crippen LogP contribution in [0.1, 0.15) is 39.1 Å². The number of amides is 2. The predicted octanol–water partition coefficient (Wildman–Crippen LogP) is 3.16. The van der Waals surface area contributed by atoms with Gasteiger partial charge in [0, 0.05) is 30.0 Å². The highest BCUT2D eigenvalue weighted by Gasteiger charge is 2.17. The fraction of sp³-hybridized carbons (Fsp3) is 0.300. The summed E-state index contributed by atoms with van der Waals surface area (Å²) in [7, 11) is 0. The molecule has 0 spiro atoms. The van der Waals surface area contributed by atoms with Crippen molar-refractivity contribution >= 4 is 17.5 Å². The van der Waals surface area contributed by atoms with E-state index in [-0.39, 0.29) is 17.9 Å². The minimum Gasteiger partial charge on any atom is -0.376 e. The van der Waals surface area contributed by atoms with Crippen molar-refractivity contribution in [1.29, 1.82) is 0 Å². The van der Waals surface area contributed by atoms with Crippen molar-refractivity contribution < 1.29 is 14.3 Å². The number of carbonyl (C=O) groups is 2.